The van der Waals surface area contributed by atoms with Crippen molar-refractivity contribution in [2.24, 2.45) is 0 Å². The lowest BCUT2D eigenvalue weighted by molar-refractivity contribution is 0.0964. The second kappa shape index (κ2) is 6.27. The molecule has 138 valence electrons. The van der Waals surface area contributed by atoms with E-state index in [-0.39, 0.29) is 17.5 Å². The first kappa shape index (κ1) is 16.6. The van der Waals surface area contributed by atoms with Crippen molar-refractivity contribution in [1.29, 1.82) is 0 Å². The largest absolute Gasteiger partial charge is 0.397 e. The number of fused-ring (bicyclic) bond motifs is 2. The average Bonchev–Trinajstić information content (AvgIpc) is 3.12. The molecule has 5 rings (SSSR count). The molecule has 1 aliphatic rings. The zero-order valence-corrected chi connectivity index (χ0v) is 15.0. The summed E-state index contributed by atoms with van der Waals surface area (Å²) < 4.78 is 15.2. The lowest BCUT2D eigenvalue weighted by Gasteiger charge is -2.24. The number of halogens is 1. The lowest BCUT2D eigenvalue weighted by Crippen LogP contribution is -2.22. The summed E-state index contributed by atoms with van der Waals surface area (Å²) in [6, 6.07) is 16.1. The van der Waals surface area contributed by atoms with Crippen LogP contribution in [0, 0.1) is 5.82 Å². The van der Waals surface area contributed by atoms with Crippen molar-refractivity contribution in [3.63, 3.8) is 0 Å². The Balaban J connectivity index is 1.67. The van der Waals surface area contributed by atoms with E-state index < -0.39 is 0 Å². The third-order valence-electron chi connectivity index (χ3n) is 5.31. The van der Waals surface area contributed by atoms with Gasteiger partial charge in [0.2, 0.25) is 0 Å². The Morgan fingerprint density at radius 3 is 2.68 bits per heavy atom. The van der Waals surface area contributed by atoms with Crippen molar-refractivity contribution in [1.82, 2.24) is 14.8 Å². The number of carbonyl (C=O) groups excluding carboxylic acids is 1. The Hall–Kier alpha value is -3.54. The zero-order valence-electron chi connectivity index (χ0n) is 15.0. The molecule has 1 unspecified atom stereocenters. The van der Waals surface area contributed by atoms with Crippen LogP contribution < -0.4 is 5.73 Å². The van der Waals surface area contributed by atoms with Crippen LogP contribution in [0.4, 0.5) is 10.1 Å². The molecule has 0 radical (unpaired) electrons. The first-order valence-corrected chi connectivity index (χ1v) is 9.12. The summed E-state index contributed by atoms with van der Waals surface area (Å²) in [6.07, 6.45) is 2.62. The van der Waals surface area contributed by atoms with Crippen LogP contribution >= 0.6 is 0 Å². The van der Waals surface area contributed by atoms with Crippen molar-refractivity contribution in [2.75, 3.05) is 5.73 Å². The maximum atomic E-state index is 13.7. The summed E-state index contributed by atoms with van der Waals surface area (Å²) in [5.74, 6) is -0.289. The van der Waals surface area contributed by atoms with Crippen LogP contribution in [0.1, 0.15) is 34.0 Å². The van der Waals surface area contributed by atoms with Crippen molar-refractivity contribution < 1.29 is 9.18 Å². The van der Waals surface area contributed by atoms with E-state index in [1.54, 1.807) is 23.0 Å². The number of carbonyl (C=O) groups is 1. The van der Waals surface area contributed by atoms with Crippen LogP contribution in [0.15, 0.2) is 60.8 Å². The molecule has 28 heavy (non-hydrogen) atoms. The first-order valence-electron chi connectivity index (χ1n) is 9.12. The highest BCUT2D eigenvalue weighted by molar-refractivity contribution is 6.09. The average molecular weight is 372 g/mol. The van der Waals surface area contributed by atoms with E-state index in [1.165, 1.54) is 12.1 Å². The van der Waals surface area contributed by atoms with Crippen LogP contribution in [-0.4, -0.2) is 20.5 Å². The van der Waals surface area contributed by atoms with Crippen LogP contribution in [0.3, 0.4) is 0 Å². The molecule has 1 atom stereocenters. The molecule has 2 N–H and O–H groups in total. The van der Waals surface area contributed by atoms with Gasteiger partial charge in [-0.05, 0) is 36.1 Å². The minimum absolute atomic E-state index is 0.000471. The lowest BCUT2D eigenvalue weighted by atomic mass is 9.81. The van der Waals surface area contributed by atoms with Gasteiger partial charge in [-0.25, -0.2) is 14.1 Å². The van der Waals surface area contributed by atoms with E-state index in [0.29, 0.717) is 46.5 Å². The molecule has 0 bridgehead atoms. The van der Waals surface area contributed by atoms with Gasteiger partial charge in [-0.2, -0.15) is 5.10 Å². The van der Waals surface area contributed by atoms with E-state index in [1.807, 2.05) is 30.3 Å². The van der Waals surface area contributed by atoms with Gasteiger partial charge in [-0.3, -0.25) is 4.79 Å². The van der Waals surface area contributed by atoms with Crippen molar-refractivity contribution in [3.05, 3.63) is 83.4 Å². The fraction of sp³-hybridized carbons (Fsp3) is 0.136. The number of aromatic nitrogens is 3. The normalized spacial score (nSPS) is 16.3. The van der Waals surface area contributed by atoms with Gasteiger partial charge in [-0.15, -0.1) is 0 Å². The van der Waals surface area contributed by atoms with Gasteiger partial charge in [-0.1, -0.05) is 36.4 Å². The van der Waals surface area contributed by atoms with Crippen molar-refractivity contribution in [2.45, 2.75) is 18.8 Å². The quantitative estimate of drug-likeness (QED) is 0.576. The number of anilines is 1. The molecule has 0 saturated heterocycles. The third-order valence-corrected chi connectivity index (χ3v) is 5.31. The molecule has 0 saturated carbocycles. The number of pyridine rings is 1. The second-order valence-corrected chi connectivity index (χ2v) is 7.06. The summed E-state index contributed by atoms with van der Waals surface area (Å²) in [6.45, 7) is 0. The molecule has 6 heteroatoms. The van der Waals surface area contributed by atoms with E-state index in [2.05, 4.69) is 5.10 Å². The Labute approximate surface area is 160 Å². The molecule has 1 aliphatic carbocycles. The van der Waals surface area contributed by atoms with Gasteiger partial charge >= 0.3 is 0 Å². The van der Waals surface area contributed by atoms with E-state index in [9.17, 15) is 9.18 Å². The van der Waals surface area contributed by atoms with Crippen LogP contribution in [0.25, 0.3) is 16.7 Å². The highest BCUT2D eigenvalue weighted by Crippen LogP contribution is 2.37. The molecule has 2 heterocycles. The Bertz CT molecular complexity index is 1220. The fourth-order valence-electron chi connectivity index (χ4n) is 3.96. The predicted octanol–water partition coefficient (Wildman–Crippen LogP) is 4.05. The number of Topliss-reactive ketones (excluding diaryl/α,β-unsaturated/α-hetero) is 1. The summed E-state index contributed by atoms with van der Waals surface area (Å²) in [5, 5.41) is 4.94. The van der Waals surface area contributed by atoms with E-state index in [4.69, 9.17) is 10.7 Å². The summed E-state index contributed by atoms with van der Waals surface area (Å²) in [5.41, 5.74) is 10.1. The molecule has 2 aromatic carbocycles. The first-order chi connectivity index (χ1) is 13.6. The molecular weight excluding hydrogens is 355 g/mol. The molecule has 0 amide bonds. The Morgan fingerprint density at radius 2 is 1.89 bits per heavy atom. The number of ketones is 1. The molecule has 5 nitrogen and oxygen atoms in total. The zero-order chi connectivity index (χ0) is 19.3. The minimum Gasteiger partial charge on any atom is -0.397 e. The van der Waals surface area contributed by atoms with Gasteiger partial charge in [0.25, 0.3) is 0 Å². The number of rotatable bonds is 2. The molecule has 0 aliphatic heterocycles. The maximum Gasteiger partial charge on any atom is 0.167 e. The number of benzene rings is 2. The molecule has 4 aromatic rings. The number of hydrogen-bond acceptors (Lipinski definition) is 4. The Morgan fingerprint density at radius 1 is 1.07 bits per heavy atom. The number of nitrogens with zero attached hydrogens (tertiary/aromatic N) is 3. The monoisotopic (exact) mass is 372 g/mol. The van der Waals surface area contributed by atoms with Crippen LogP contribution in [0.5, 0.6) is 0 Å². The molecule has 0 fully saturated rings. The smallest absolute Gasteiger partial charge is 0.167 e. The summed E-state index contributed by atoms with van der Waals surface area (Å²) in [4.78, 5) is 17.6. The van der Waals surface area contributed by atoms with Crippen molar-refractivity contribution in [3.8, 4) is 5.69 Å². The summed E-state index contributed by atoms with van der Waals surface area (Å²) >= 11 is 0. The third kappa shape index (κ3) is 2.57. The highest BCUT2D eigenvalue weighted by Gasteiger charge is 2.31. The van der Waals surface area contributed by atoms with E-state index >= 15 is 0 Å². The molecule has 0 spiro atoms. The fourth-order valence-corrected chi connectivity index (χ4v) is 3.96. The maximum absolute atomic E-state index is 13.7. The standard InChI is InChI=1S/C22H17FN4O/c23-15-7-4-8-16(11-15)27-22-17(12-25-27)21(24)20-18(26-22)9-14(10-19(20)28)13-5-2-1-3-6-13/h1-8,11-12,14H,9-10H2,(H2,24,26). The molecule has 2 aromatic heterocycles. The van der Waals surface area contributed by atoms with Gasteiger partial charge < -0.3 is 5.73 Å². The van der Waals surface area contributed by atoms with Gasteiger partial charge in [0.05, 0.1) is 34.2 Å². The van der Waals surface area contributed by atoms with Crippen molar-refractivity contribution >= 4 is 22.5 Å². The van der Waals surface area contributed by atoms with Crippen LogP contribution in [0.2, 0.25) is 0 Å². The Kier molecular flexibility index (Phi) is 3.72. The second-order valence-electron chi connectivity index (χ2n) is 7.06. The topological polar surface area (TPSA) is 73.8 Å². The van der Waals surface area contributed by atoms with Gasteiger partial charge in [0.1, 0.15) is 5.82 Å². The highest BCUT2D eigenvalue weighted by atomic mass is 19.1. The van der Waals surface area contributed by atoms with Gasteiger partial charge in [0, 0.05) is 6.42 Å². The van der Waals surface area contributed by atoms with Crippen LogP contribution in [-0.2, 0) is 6.42 Å². The molecular formula is C22H17FN4O. The number of nitrogen functional groups attached to an aromatic ring is 1. The predicted molar refractivity (Wildman–Crippen MR) is 105 cm³/mol. The number of nitrogens with two attached hydrogens (primary N) is 1. The SMILES string of the molecule is Nc1c2c(nc3c1cnn3-c1cccc(F)c1)CC(c1ccccc1)CC2=O. The number of hydrogen-bond donors (Lipinski definition) is 1. The summed E-state index contributed by atoms with van der Waals surface area (Å²) in [7, 11) is 0. The minimum atomic E-state index is -0.355. The van der Waals surface area contributed by atoms with E-state index in [0.717, 1.165) is 5.56 Å². The van der Waals surface area contributed by atoms with Gasteiger partial charge in [0.15, 0.2) is 11.4 Å².